The van der Waals surface area contributed by atoms with E-state index in [9.17, 15) is 4.79 Å². The lowest BCUT2D eigenvalue weighted by molar-refractivity contribution is 0.102. The van der Waals surface area contributed by atoms with Gasteiger partial charge in [-0.2, -0.15) is 0 Å². The van der Waals surface area contributed by atoms with Gasteiger partial charge in [-0.3, -0.25) is 4.79 Å². The summed E-state index contributed by atoms with van der Waals surface area (Å²) in [5.41, 5.74) is 3.12. The molecule has 0 aliphatic rings. The standard InChI is InChI=1S/C14H15N3O2/c1-9-4-5-10(2)12(8-9)15-14(18)11-6-7-13(19-3)17-16-11/h4-8H,1-3H3,(H,15,18). The molecule has 1 heterocycles. The smallest absolute Gasteiger partial charge is 0.276 e. The van der Waals surface area contributed by atoms with Crippen LogP contribution in [0.1, 0.15) is 21.6 Å². The molecule has 0 unspecified atom stereocenters. The Kier molecular flexibility index (Phi) is 3.75. The van der Waals surface area contributed by atoms with Gasteiger partial charge in [0.1, 0.15) is 0 Å². The zero-order chi connectivity index (χ0) is 13.8. The molecule has 0 aliphatic heterocycles. The molecule has 0 radical (unpaired) electrons. The predicted octanol–water partition coefficient (Wildman–Crippen LogP) is 2.35. The molecule has 0 saturated carbocycles. The number of aromatic nitrogens is 2. The fourth-order valence-electron chi connectivity index (χ4n) is 1.61. The van der Waals surface area contributed by atoms with Gasteiger partial charge in [0.25, 0.3) is 5.91 Å². The van der Waals surface area contributed by atoms with Crippen LogP contribution in [0.4, 0.5) is 5.69 Å². The van der Waals surface area contributed by atoms with Crippen LogP contribution in [0.5, 0.6) is 5.88 Å². The number of nitrogens with zero attached hydrogens (tertiary/aromatic N) is 2. The van der Waals surface area contributed by atoms with Crippen LogP contribution in [0.3, 0.4) is 0 Å². The van der Waals surface area contributed by atoms with E-state index in [1.807, 2.05) is 32.0 Å². The van der Waals surface area contributed by atoms with E-state index in [0.717, 1.165) is 16.8 Å². The minimum Gasteiger partial charge on any atom is -0.480 e. The minimum absolute atomic E-state index is 0.252. The van der Waals surface area contributed by atoms with Crippen molar-refractivity contribution < 1.29 is 9.53 Å². The van der Waals surface area contributed by atoms with Crippen LogP contribution in [0, 0.1) is 13.8 Å². The van der Waals surface area contributed by atoms with E-state index in [2.05, 4.69) is 15.5 Å². The number of nitrogens with one attached hydrogen (secondary N) is 1. The Balaban J connectivity index is 2.18. The molecular weight excluding hydrogens is 242 g/mol. The number of hydrogen-bond acceptors (Lipinski definition) is 4. The van der Waals surface area contributed by atoms with Crippen molar-refractivity contribution in [1.82, 2.24) is 10.2 Å². The number of methoxy groups -OCH3 is 1. The number of ether oxygens (including phenoxy) is 1. The highest BCUT2D eigenvalue weighted by Gasteiger charge is 2.10. The number of benzene rings is 1. The Hall–Kier alpha value is -2.43. The van der Waals surface area contributed by atoms with Crippen LogP contribution in [-0.2, 0) is 0 Å². The molecule has 19 heavy (non-hydrogen) atoms. The number of anilines is 1. The first-order valence-corrected chi connectivity index (χ1v) is 5.86. The number of rotatable bonds is 3. The summed E-state index contributed by atoms with van der Waals surface area (Å²) < 4.78 is 4.90. The van der Waals surface area contributed by atoms with E-state index in [1.54, 1.807) is 12.1 Å². The third-order valence-electron chi connectivity index (χ3n) is 2.72. The van der Waals surface area contributed by atoms with Crippen LogP contribution in [0.2, 0.25) is 0 Å². The van der Waals surface area contributed by atoms with Gasteiger partial charge in [0, 0.05) is 11.8 Å². The number of aryl methyl sites for hydroxylation is 2. The first kappa shape index (κ1) is 13.0. The van der Waals surface area contributed by atoms with E-state index in [4.69, 9.17) is 4.74 Å². The second-order valence-corrected chi connectivity index (χ2v) is 4.23. The Labute approximate surface area is 111 Å². The molecule has 1 N–H and O–H groups in total. The highest BCUT2D eigenvalue weighted by Crippen LogP contribution is 2.17. The van der Waals surface area contributed by atoms with Gasteiger partial charge >= 0.3 is 0 Å². The summed E-state index contributed by atoms with van der Waals surface area (Å²) in [6.07, 6.45) is 0. The van der Waals surface area contributed by atoms with Crippen molar-refractivity contribution in [1.29, 1.82) is 0 Å². The SMILES string of the molecule is COc1ccc(C(=O)Nc2cc(C)ccc2C)nn1. The molecular formula is C14H15N3O2. The molecule has 5 heteroatoms. The molecule has 1 aromatic heterocycles. The molecule has 2 rings (SSSR count). The van der Waals surface area contributed by atoms with Crippen molar-refractivity contribution in [2.45, 2.75) is 13.8 Å². The van der Waals surface area contributed by atoms with Crippen LogP contribution in [0.25, 0.3) is 0 Å². The van der Waals surface area contributed by atoms with Crippen LogP contribution in [0.15, 0.2) is 30.3 Å². The maximum Gasteiger partial charge on any atom is 0.276 e. The third-order valence-corrected chi connectivity index (χ3v) is 2.72. The van der Waals surface area contributed by atoms with Crippen molar-refractivity contribution in [3.05, 3.63) is 47.2 Å². The van der Waals surface area contributed by atoms with E-state index < -0.39 is 0 Å². The molecule has 0 fully saturated rings. The van der Waals surface area contributed by atoms with Gasteiger partial charge < -0.3 is 10.1 Å². The maximum absolute atomic E-state index is 12.0. The summed E-state index contributed by atoms with van der Waals surface area (Å²) in [5, 5.41) is 10.4. The molecule has 1 aromatic carbocycles. The number of carbonyl (C=O) groups excluding carboxylic acids is 1. The monoisotopic (exact) mass is 257 g/mol. The van der Waals surface area contributed by atoms with Gasteiger partial charge in [-0.1, -0.05) is 12.1 Å². The lowest BCUT2D eigenvalue weighted by atomic mass is 10.1. The lowest BCUT2D eigenvalue weighted by Gasteiger charge is -2.08. The fourth-order valence-corrected chi connectivity index (χ4v) is 1.61. The molecule has 0 saturated heterocycles. The highest BCUT2D eigenvalue weighted by molar-refractivity contribution is 6.03. The molecule has 0 aliphatic carbocycles. The predicted molar refractivity (Wildman–Crippen MR) is 72.5 cm³/mol. The van der Waals surface area contributed by atoms with Crippen molar-refractivity contribution in [2.75, 3.05) is 12.4 Å². The van der Waals surface area contributed by atoms with Crippen LogP contribution < -0.4 is 10.1 Å². The summed E-state index contributed by atoms with van der Waals surface area (Å²) >= 11 is 0. The van der Waals surface area contributed by atoms with E-state index in [-0.39, 0.29) is 11.6 Å². The van der Waals surface area contributed by atoms with Crippen molar-refractivity contribution in [2.24, 2.45) is 0 Å². The summed E-state index contributed by atoms with van der Waals surface area (Å²) in [7, 11) is 1.50. The van der Waals surface area contributed by atoms with Crippen molar-refractivity contribution in [3.8, 4) is 5.88 Å². The Morgan fingerprint density at radius 2 is 1.95 bits per heavy atom. The average Bonchev–Trinajstić information content (AvgIpc) is 2.43. The van der Waals surface area contributed by atoms with Gasteiger partial charge in [0.15, 0.2) is 5.69 Å². The van der Waals surface area contributed by atoms with Gasteiger partial charge in [-0.05, 0) is 37.1 Å². The van der Waals surface area contributed by atoms with E-state index >= 15 is 0 Å². The topological polar surface area (TPSA) is 64.1 Å². The van der Waals surface area contributed by atoms with E-state index in [0.29, 0.717) is 5.88 Å². The maximum atomic E-state index is 12.0. The number of amides is 1. The normalized spacial score (nSPS) is 10.1. The van der Waals surface area contributed by atoms with E-state index in [1.165, 1.54) is 7.11 Å². The molecule has 98 valence electrons. The van der Waals surface area contributed by atoms with Crippen LogP contribution in [-0.4, -0.2) is 23.2 Å². The lowest BCUT2D eigenvalue weighted by Crippen LogP contribution is -2.15. The zero-order valence-electron chi connectivity index (χ0n) is 11.1. The summed E-state index contributed by atoms with van der Waals surface area (Å²) in [6.45, 7) is 3.91. The van der Waals surface area contributed by atoms with Crippen molar-refractivity contribution in [3.63, 3.8) is 0 Å². The van der Waals surface area contributed by atoms with Gasteiger partial charge in [0.05, 0.1) is 7.11 Å². The average molecular weight is 257 g/mol. The zero-order valence-corrected chi connectivity index (χ0v) is 11.1. The minimum atomic E-state index is -0.288. The number of carbonyl (C=O) groups is 1. The Morgan fingerprint density at radius 3 is 2.58 bits per heavy atom. The van der Waals surface area contributed by atoms with Gasteiger partial charge in [-0.15, -0.1) is 10.2 Å². The Morgan fingerprint density at radius 1 is 1.16 bits per heavy atom. The Bertz CT molecular complexity index is 594. The molecule has 0 bridgehead atoms. The molecule has 0 spiro atoms. The summed E-state index contributed by atoms with van der Waals surface area (Å²) in [4.78, 5) is 12.0. The third kappa shape index (κ3) is 3.07. The quantitative estimate of drug-likeness (QED) is 0.916. The highest BCUT2D eigenvalue weighted by atomic mass is 16.5. The molecule has 5 nitrogen and oxygen atoms in total. The first-order valence-electron chi connectivity index (χ1n) is 5.86. The summed E-state index contributed by atoms with van der Waals surface area (Å²) in [5.74, 6) is 0.0899. The second-order valence-electron chi connectivity index (χ2n) is 4.23. The molecule has 0 atom stereocenters. The molecule has 2 aromatic rings. The summed E-state index contributed by atoms with van der Waals surface area (Å²) in [6, 6.07) is 9.06. The van der Waals surface area contributed by atoms with Gasteiger partial charge in [0.2, 0.25) is 5.88 Å². The first-order chi connectivity index (χ1) is 9.10. The van der Waals surface area contributed by atoms with Gasteiger partial charge in [-0.25, -0.2) is 0 Å². The fraction of sp³-hybridized carbons (Fsp3) is 0.214. The van der Waals surface area contributed by atoms with Crippen LogP contribution >= 0.6 is 0 Å². The van der Waals surface area contributed by atoms with Crippen molar-refractivity contribution >= 4 is 11.6 Å². The largest absolute Gasteiger partial charge is 0.480 e. The second kappa shape index (κ2) is 5.48. The number of hydrogen-bond donors (Lipinski definition) is 1. The molecule has 1 amide bonds.